The Bertz CT molecular complexity index is 1060. The van der Waals surface area contributed by atoms with Crippen LogP contribution in [-0.2, 0) is 0 Å². The Labute approximate surface area is 197 Å². The lowest BCUT2D eigenvalue weighted by atomic mass is 10.2. The Morgan fingerprint density at radius 2 is 1.52 bits per heavy atom. The molecule has 0 amide bonds. The molecule has 2 heterocycles. The summed E-state index contributed by atoms with van der Waals surface area (Å²) >= 11 is 3.84. The van der Waals surface area contributed by atoms with Gasteiger partial charge in [-0.3, -0.25) is 0 Å². The monoisotopic (exact) mass is 482 g/mol. The maximum atomic E-state index is 6.56. The van der Waals surface area contributed by atoms with Gasteiger partial charge in [0.1, 0.15) is 20.4 Å². The molecule has 1 aliphatic rings. The summed E-state index contributed by atoms with van der Waals surface area (Å²) < 4.78 is 6.56. The predicted octanol–water partition coefficient (Wildman–Crippen LogP) is 7.28. The van der Waals surface area contributed by atoms with Crippen molar-refractivity contribution in [3.63, 3.8) is 0 Å². The summed E-state index contributed by atoms with van der Waals surface area (Å²) in [5.74, 6) is 1.19. The number of aryl methyl sites for hydroxylation is 1. The number of hydrogen-bond acceptors (Lipinski definition) is 3. The van der Waals surface area contributed by atoms with Crippen LogP contribution in [0.3, 0.4) is 0 Å². The van der Waals surface area contributed by atoms with Crippen molar-refractivity contribution in [1.82, 2.24) is 0 Å². The van der Waals surface area contributed by atoms with E-state index in [9.17, 15) is 0 Å². The first-order valence-electron chi connectivity index (χ1n) is 11.3. The van der Waals surface area contributed by atoms with Crippen LogP contribution >= 0.6 is 22.7 Å². The van der Waals surface area contributed by atoms with E-state index in [1.54, 1.807) is 11.1 Å². The van der Waals surface area contributed by atoms with Gasteiger partial charge >= 0.3 is 0 Å². The molecule has 0 aliphatic heterocycles. The molecule has 1 aromatic carbocycles. The van der Waals surface area contributed by atoms with Crippen molar-refractivity contribution in [1.29, 1.82) is 0 Å². The summed E-state index contributed by atoms with van der Waals surface area (Å²) in [6, 6.07) is 12.1. The first-order chi connectivity index (χ1) is 14.8. The third-order valence-corrected chi connectivity index (χ3v) is 16.7. The molecule has 31 heavy (non-hydrogen) atoms. The van der Waals surface area contributed by atoms with E-state index in [-0.39, 0.29) is 0 Å². The topological polar surface area (TPSA) is 9.23 Å². The Balaban J connectivity index is 2.02. The molecule has 3 aromatic rings. The van der Waals surface area contributed by atoms with Crippen LogP contribution in [0.1, 0.15) is 36.1 Å². The highest BCUT2D eigenvalue weighted by Gasteiger charge is 2.49. The fraction of sp³-hybridized carbons (Fsp3) is 0.385. The van der Waals surface area contributed by atoms with E-state index in [1.165, 1.54) is 43.5 Å². The third-order valence-electron chi connectivity index (χ3n) is 6.96. The Hall–Kier alpha value is -1.41. The van der Waals surface area contributed by atoms with E-state index in [0.29, 0.717) is 12.1 Å². The van der Waals surface area contributed by atoms with Crippen molar-refractivity contribution < 1.29 is 4.74 Å². The summed E-state index contributed by atoms with van der Waals surface area (Å²) in [7, 11) is -3.56. The lowest BCUT2D eigenvalue weighted by molar-refractivity contribution is 0.368. The van der Waals surface area contributed by atoms with Crippen LogP contribution in [0.15, 0.2) is 47.7 Å². The second-order valence-corrected chi connectivity index (χ2v) is 21.5. The van der Waals surface area contributed by atoms with Crippen LogP contribution in [0.5, 0.6) is 5.75 Å². The van der Waals surface area contributed by atoms with Crippen LogP contribution < -0.4 is 15.1 Å². The predicted molar refractivity (Wildman–Crippen MR) is 146 cm³/mol. The van der Waals surface area contributed by atoms with Gasteiger partial charge in [0.15, 0.2) is 0 Å². The second kappa shape index (κ2) is 8.51. The molecule has 1 aliphatic carbocycles. The van der Waals surface area contributed by atoms with Crippen LogP contribution in [0, 0.1) is 6.92 Å². The Morgan fingerprint density at radius 3 is 2.00 bits per heavy atom. The van der Waals surface area contributed by atoms with Crippen molar-refractivity contribution in [3.05, 3.63) is 64.4 Å². The van der Waals surface area contributed by atoms with Gasteiger partial charge in [-0.1, -0.05) is 75.9 Å². The van der Waals surface area contributed by atoms with Gasteiger partial charge in [0.2, 0.25) is 0 Å². The van der Waals surface area contributed by atoms with E-state index in [4.69, 9.17) is 4.74 Å². The molecule has 0 saturated heterocycles. The summed E-state index contributed by atoms with van der Waals surface area (Å²) in [5, 5.41) is 7.60. The maximum Gasteiger partial charge on any atom is 0.118 e. The lowest BCUT2D eigenvalue weighted by Crippen LogP contribution is -2.55. The fourth-order valence-corrected chi connectivity index (χ4v) is 14.6. The summed E-state index contributed by atoms with van der Waals surface area (Å²) in [4.78, 5) is 3.03. The molecule has 0 N–H and O–H groups in total. The second-order valence-electron chi connectivity index (χ2n) is 9.75. The summed E-state index contributed by atoms with van der Waals surface area (Å²) in [6.45, 7) is 19.0. The zero-order valence-electron chi connectivity index (χ0n) is 19.7. The highest BCUT2D eigenvalue weighted by molar-refractivity contribution is 7.21. The molecular formula is C26H34OS2Si2. The van der Waals surface area contributed by atoms with Gasteiger partial charge in [0.05, 0.1) is 8.07 Å². The van der Waals surface area contributed by atoms with E-state index in [0.717, 1.165) is 0 Å². The molecular weight excluding hydrogens is 449 g/mol. The van der Waals surface area contributed by atoms with Crippen molar-refractivity contribution >= 4 is 49.2 Å². The number of ether oxygens (including phenoxy) is 1. The van der Waals surface area contributed by atoms with Gasteiger partial charge in [0.25, 0.3) is 0 Å². The largest absolute Gasteiger partial charge is 0.490 e. The lowest BCUT2D eigenvalue weighted by Gasteiger charge is -2.39. The normalized spacial score (nSPS) is 13.9. The van der Waals surface area contributed by atoms with Gasteiger partial charge in [-0.25, -0.2) is 0 Å². The molecule has 1 nitrogen and oxygen atoms in total. The first kappa shape index (κ1) is 22.8. The zero-order valence-corrected chi connectivity index (χ0v) is 23.3. The summed E-state index contributed by atoms with van der Waals surface area (Å²) in [5.41, 5.74) is 5.06. The number of hydrogen-bond donors (Lipinski definition) is 0. The number of thiophene rings is 2. The molecule has 0 fully saturated rings. The number of benzene rings is 1. The van der Waals surface area contributed by atoms with Crippen LogP contribution in [-0.4, -0.2) is 22.8 Å². The fourth-order valence-electron chi connectivity index (χ4n) is 5.42. The van der Waals surface area contributed by atoms with Crippen LogP contribution in [0.2, 0.25) is 31.7 Å². The molecule has 0 spiro atoms. The molecule has 0 atom stereocenters. The average Bonchev–Trinajstić information content (AvgIpc) is 3.43. The van der Waals surface area contributed by atoms with Crippen molar-refractivity contribution in [2.45, 2.75) is 58.0 Å². The Kier molecular flexibility index (Phi) is 6.25. The molecule has 0 radical (unpaired) electrons. The quantitative estimate of drug-likeness (QED) is 0.242. The first-order valence-corrected chi connectivity index (χ1v) is 19.1. The van der Waals surface area contributed by atoms with E-state index < -0.39 is 16.1 Å². The van der Waals surface area contributed by atoms with E-state index >= 15 is 0 Å². The van der Waals surface area contributed by atoms with Crippen molar-refractivity contribution in [2.75, 3.05) is 6.61 Å². The van der Waals surface area contributed by atoms with Crippen LogP contribution in [0.4, 0.5) is 0 Å². The molecule has 5 heteroatoms. The minimum absolute atomic E-state index is 0.521. The smallest absolute Gasteiger partial charge is 0.118 e. The summed E-state index contributed by atoms with van der Waals surface area (Å²) in [6.07, 6.45) is 1.89. The molecule has 0 saturated carbocycles. The molecule has 2 aromatic heterocycles. The standard InChI is InChI=1S/C26H34OS2Si2/c1-8-13-27-23-21(30(5,6)7)16-18(4)17-22(23)31(9-2,10-3)26-19-11-14-28-24(19)25-20(26)12-15-29-25/h8,11-12,14-17,26H,1,9-10,13H2,2-7H3. The molecule has 164 valence electrons. The highest BCUT2D eigenvalue weighted by atomic mass is 32.1. The van der Waals surface area contributed by atoms with E-state index in [1.807, 2.05) is 28.7 Å². The average molecular weight is 483 g/mol. The minimum Gasteiger partial charge on any atom is -0.490 e. The van der Waals surface area contributed by atoms with Gasteiger partial charge in [-0.15, -0.1) is 22.7 Å². The highest BCUT2D eigenvalue weighted by Crippen LogP contribution is 2.55. The van der Waals surface area contributed by atoms with Crippen LogP contribution in [0.25, 0.3) is 9.75 Å². The Morgan fingerprint density at radius 1 is 0.968 bits per heavy atom. The van der Waals surface area contributed by atoms with Crippen molar-refractivity contribution in [3.8, 4) is 15.5 Å². The van der Waals surface area contributed by atoms with E-state index in [2.05, 4.69) is 82.0 Å². The molecule has 0 unspecified atom stereocenters. The SMILES string of the molecule is C=CCOc1c([Si](C)(C)C)cc(C)cc1[Si](CC)(CC)C1c2ccsc2-c2sccc21. The van der Waals surface area contributed by atoms with Gasteiger partial charge in [-0.05, 0) is 51.3 Å². The number of rotatable bonds is 8. The number of fused-ring (bicyclic) bond motifs is 3. The van der Waals surface area contributed by atoms with Gasteiger partial charge in [-0.2, -0.15) is 0 Å². The zero-order chi connectivity index (χ0) is 22.4. The molecule has 0 bridgehead atoms. The van der Waals surface area contributed by atoms with Gasteiger partial charge in [0, 0.05) is 15.3 Å². The minimum atomic E-state index is -1.98. The molecule has 4 rings (SSSR count). The van der Waals surface area contributed by atoms with Gasteiger partial charge < -0.3 is 4.74 Å². The maximum absolute atomic E-state index is 6.56. The van der Waals surface area contributed by atoms with Crippen molar-refractivity contribution in [2.24, 2.45) is 0 Å². The third kappa shape index (κ3) is 3.63.